The van der Waals surface area contributed by atoms with Crippen molar-refractivity contribution >= 4 is 5.91 Å². The van der Waals surface area contributed by atoms with Crippen molar-refractivity contribution < 1.29 is 14.6 Å². The van der Waals surface area contributed by atoms with E-state index in [0.29, 0.717) is 18.7 Å². The normalized spacial score (nSPS) is 20.8. The first-order valence-corrected chi connectivity index (χ1v) is 7.60. The van der Waals surface area contributed by atoms with Gasteiger partial charge in [0, 0.05) is 18.5 Å². The minimum atomic E-state index is -0.395. The molecule has 1 amide bonds. The lowest BCUT2D eigenvalue weighted by molar-refractivity contribution is 0.0234. The Kier molecular flexibility index (Phi) is 4.57. The Morgan fingerprint density at radius 1 is 1.38 bits per heavy atom. The van der Waals surface area contributed by atoms with Gasteiger partial charge in [0.2, 0.25) is 5.88 Å². The van der Waals surface area contributed by atoms with Crippen molar-refractivity contribution in [1.29, 1.82) is 0 Å². The van der Waals surface area contributed by atoms with Crippen LogP contribution in [0.15, 0.2) is 35.5 Å². The first kappa shape index (κ1) is 16.1. The Hall–Kier alpha value is -2.74. The summed E-state index contributed by atoms with van der Waals surface area (Å²) in [5, 5.41) is 12.5. The van der Waals surface area contributed by atoms with Gasteiger partial charge in [-0.1, -0.05) is 6.07 Å². The van der Waals surface area contributed by atoms with Crippen LogP contribution in [0.4, 0.5) is 0 Å². The van der Waals surface area contributed by atoms with E-state index in [9.17, 15) is 14.7 Å². The number of carbonyl (C=O) groups is 1. The third kappa shape index (κ3) is 3.43. The number of nitrogens with one attached hydrogen (secondary N) is 2. The third-order valence-corrected chi connectivity index (χ3v) is 4.14. The summed E-state index contributed by atoms with van der Waals surface area (Å²) in [6.45, 7) is 0. The summed E-state index contributed by atoms with van der Waals surface area (Å²) in [6, 6.07) is 3.26. The number of carbonyl (C=O) groups excluding carboxylic acids is 1. The molecule has 0 spiro atoms. The molecule has 8 heteroatoms. The number of amides is 1. The van der Waals surface area contributed by atoms with Crippen LogP contribution >= 0.6 is 0 Å². The number of ether oxygens (including phenoxy) is 1. The Labute approximate surface area is 137 Å². The zero-order valence-electron chi connectivity index (χ0n) is 13.1. The van der Waals surface area contributed by atoms with Crippen LogP contribution in [-0.2, 0) is 0 Å². The smallest absolute Gasteiger partial charge is 0.271 e. The van der Waals surface area contributed by atoms with Crippen LogP contribution in [0.25, 0.3) is 0 Å². The van der Waals surface area contributed by atoms with Gasteiger partial charge in [-0.25, -0.2) is 9.97 Å². The predicted octanol–water partition coefficient (Wildman–Crippen LogP) is 0.415. The summed E-state index contributed by atoms with van der Waals surface area (Å²) in [5.41, 5.74) is 0.580. The molecule has 2 aromatic rings. The van der Waals surface area contributed by atoms with Crippen LogP contribution in [0.5, 0.6) is 5.88 Å². The van der Waals surface area contributed by atoms with E-state index in [2.05, 4.69) is 20.3 Å². The molecule has 0 bridgehead atoms. The van der Waals surface area contributed by atoms with E-state index in [-0.39, 0.29) is 29.3 Å². The number of aromatic nitrogens is 3. The van der Waals surface area contributed by atoms with Crippen molar-refractivity contribution in [2.75, 3.05) is 7.11 Å². The largest absolute Gasteiger partial charge is 0.481 e. The maximum Gasteiger partial charge on any atom is 0.271 e. The van der Waals surface area contributed by atoms with E-state index >= 15 is 0 Å². The van der Waals surface area contributed by atoms with Crippen LogP contribution in [0.3, 0.4) is 0 Å². The second kappa shape index (κ2) is 6.79. The average Bonchev–Trinajstić information content (AvgIpc) is 2.58. The average molecular weight is 330 g/mol. The molecule has 2 aromatic heterocycles. The van der Waals surface area contributed by atoms with Gasteiger partial charge < -0.3 is 20.1 Å². The Balaban J connectivity index is 1.80. The number of hydrogen-bond donors (Lipinski definition) is 3. The molecule has 3 rings (SSSR count). The quantitative estimate of drug-likeness (QED) is 0.731. The molecule has 0 aromatic carbocycles. The number of aromatic amines is 1. The first-order chi connectivity index (χ1) is 11.6. The van der Waals surface area contributed by atoms with E-state index in [0.717, 1.165) is 11.8 Å². The molecule has 0 saturated heterocycles. The topological polar surface area (TPSA) is 117 Å². The molecule has 24 heavy (non-hydrogen) atoms. The lowest BCUT2D eigenvalue weighted by Crippen LogP contribution is -2.41. The Morgan fingerprint density at radius 2 is 2.17 bits per heavy atom. The molecule has 1 unspecified atom stereocenters. The fraction of sp³-hybridized carbons (Fsp3) is 0.375. The SMILES string of the molecule is COc1ccc(C(NC(=O)c2c[nH]c(=O)cn2)C2CC(O)C2)cn1. The number of aliphatic hydroxyl groups excluding tert-OH is 1. The summed E-state index contributed by atoms with van der Waals surface area (Å²) in [4.78, 5) is 33.9. The maximum absolute atomic E-state index is 12.4. The maximum atomic E-state index is 12.4. The minimum Gasteiger partial charge on any atom is -0.481 e. The second-order valence-corrected chi connectivity index (χ2v) is 5.77. The number of aliphatic hydroxyl groups is 1. The highest BCUT2D eigenvalue weighted by Gasteiger charge is 2.36. The van der Waals surface area contributed by atoms with E-state index < -0.39 is 5.91 Å². The molecule has 3 N–H and O–H groups in total. The van der Waals surface area contributed by atoms with Crippen molar-refractivity contribution in [3.8, 4) is 5.88 Å². The Morgan fingerprint density at radius 3 is 2.71 bits per heavy atom. The number of methoxy groups -OCH3 is 1. The zero-order chi connectivity index (χ0) is 17.1. The van der Waals surface area contributed by atoms with Crippen LogP contribution < -0.4 is 15.6 Å². The number of nitrogens with zero attached hydrogens (tertiary/aromatic N) is 2. The molecule has 0 aliphatic heterocycles. The van der Waals surface area contributed by atoms with Gasteiger partial charge in [-0.15, -0.1) is 0 Å². The van der Waals surface area contributed by atoms with E-state index in [1.54, 1.807) is 12.3 Å². The lowest BCUT2D eigenvalue weighted by Gasteiger charge is -2.38. The third-order valence-electron chi connectivity index (χ3n) is 4.14. The van der Waals surface area contributed by atoms with Gasteiger partial charge in [0.05, 0.1) is 25.5 Å². The van der Waals surface area contributed by atoms with Crippen LogP contribution in [0, 0.1) is 5.92 Å². The summed E-state index contributed by atoms with van der Waals surface area (Å²) in [5.74, 6) is 0.204. The molecule has 1 aliphatic carbocycles. The van der Waals surface area contributed by atoms with Gasteiger partial charge in [0.25, 0.3) is 11.5 Å². The molecule has 1 aliphatic rings. The molecular formula is C16H18N4O4. The van der Waals surface area contributed by atoms with Gasteiger partial charge >= 0.3 is 0 Å². The van der Waals surface area contributed by atoms with Crippen LogP contribution in [-0.4, -0.2) is 39.2 Å². The van der Waals surface area contributed by atoms with E-state index in [4.69, 9.17) is 4.74 Å². The molecule has 2 heterocycles. The number of H-pyrrole nitrogens is 1. The first-order valence-electron chi connectivity index (χ1n) is 7.60. The van der Waals surface area contributed by atoms with Gasteiger partial charge in [0.1, 0.15) is 5.69 Å². The van der Waals surface area contributed by atoms with Crippen LogP contribution in [0.2, 0.25) is 0 Å². The molecule has 8 nitrogen and oxygen atoms in total. The highest BCUT2D eigenvalue weighted by atomic mass is 16.5. The van der Waals surface area contributed by atoms with E-state index in [1.807, 2.05) is 6.07 Å². The second-order valence-electron chi connectivity index (χ2n) is 5.77. The van der Waals surface area contributed by atoms with Gasteiger partial charge in [-0.05, 0) is 24.3 Å². The highest BCUT2D eigenvalue weighted by Crippen LogP contribution is 2.38. The molecule has 126 valence electrons. The standard InChI is InChI=1S/C16H18N4O4/c1-24-14-3-2-9(6-19-14)15(10-4-11(21)5-10)20-16(23)12-7-18-13(22)8-17-12/h2-3,6-8,10-11,15,21H,4-5H2,1H3,(H,18,22)(H,20,23). The highest BCUT2D eigenvalue weighted by molar-refractivity contribution is 5.92. The van der Waals surface area contributed by atoms with Crippen molar-refractivity contribution in [2.24, 2.45) is 5.92 Å². The fourth-order valence-electron chi connectivity index (χ4n) is 2.75. The van der Waals surface area contributed by atoms with Gasteiger partial charge in [-0.2, -0.15) is 0 Å². The molecule has 1 atom stereocenters. The summed E-state index contributed by atoms with van der Waals surface area (Å²) >= 11 is 0. The van der Waals surface area contributed by atoms with Gasteiger partial charge in [0.15, 0.2) is 0 Å². The number of hydrogen-bond acceptors (Lipinski definition) is 6. The van der Waals surface area contributed by atoms with Crippen molar-refractivity contribution in [3.63, 3.8) is 0 Å². The zero-order valence-corrected chi connectivity index (χ0v) is 13.1. The number of rotatable bonds is 5. The van der Waals surface area contributed by atoms with Crippen molar-refractivity contribution in [2.45, 2.75) is 25.0 Å². The van der Waals surface area contributed by atoms with Crippen LogP contribution in [0.1, 0.15) is 34.9 Å². The lowest BCUT2D eigenvalue weighted by atomic mass is 9.75. The minimum absolute atomic E-state index is 0.113. The predicted molar refractivity (Wildman–Crippen MR) is 84.6 cm³/mol. The Bertz CT molecular complexity index is 748. The number of pyridine rings is 1. The van der Waals surface area contributed by atoms with Crippen molar-refractivity contribution in [1.82, 2.24) is 20.3 Å². The van der Waals surface area contributed by atoms with Gasteiger partial charge in [-0.3, -0.25) is 9.59 Å². The summed E-state index contributed by atoms with van der Waals surface area (Å²) in [6.07, 6.45) is 4.86. The monoisotopic (exact) mass is 330 g/mol. The molecule has 1 fully saturated rings. The summed E-state index contributed by atoms with van der Waals surface area (Å²) < 4.78 is 5.05. The van der Waals surface area contributed by atoms with Crippen molar-refractivity contribution in [3.05, 3.63) is 52.3 Å². The summed E-state index contributed by atoms with van der Waals surface area (Å²) in [7, 11) is 1.53. The van der Waals surface area contributed by atoms with E-state index in [1.165, 1.54) is 13.3 Å². The fourth-order valence-corrected chi connectivity index (χ4v) is 2.75. The molecule has 0 radical (unpaired) electrons. The molecular weight excluding hydrogens is 312 g/mol. The molecule has 1 saturated carbocycles.